The molecule has 16 heavy (non-hydrogen) atoms. The van der Waals surface area contributed by atoms with Gasteiger partial charge in [-0.2, -0.15) is 0 Å². The van der Waals surface area contributed by atoms with Gasteiger partial charge in [-0.15, -0.1) is 0 Å². The normalized spacial score (nSPS) is 31.2. The molecule has 90 valence electrons. The maximum atomic E-state index is 2.45. The molecule has 0 spiro atoms. The molecule has 0 aromatic heterocycles. The van der Waals surface area contributed by atoms with Gasteiger partial charge >= 0.3 is 0 Å². The van der Waals surface area contributed by atoms with Gasteiger partial charge in [-0.25, -0.2) is 0 Å². The summed E-state index contributed by atoms with van der Waals surface area (Å²) in [7, 11) is 0. The number of hydrogen-bond donors (Lipinski definition) is 0. The summed E-state index contributed by atoms with van der Waals surface area (Å²) in [6, 6.07) is 0. The van der Waals surface area contributed by atoms with Crippen molar-refractivity contribution in [1.82, 2.24) is 0 Å². The van der Waals surface area contributed by atoms with E-state index in [0.29, 0.717) is 0 Å². The predicted molar refractivity (Wildman–Crippen MR) is 73.5 cm³/mol. The highest BCUT2D eigenvalue weighted by molar-refractivity contribution is 5.11. The summed E-state index contributed by atoms with van der Waals surface area (Å²) in [5.74, 6) is 0.751. The average Bonchev–Trinajstić information content (AvgIpc) is 2.28. The van der Waals surface area contributed by atoms with Crippen molar-refractivity contribution < 1.29 is 0 Å². The quantitative estimate of drug-likeness (QED) is 0.515. The van der Waals surface area contributed by atoms with E-state index in [1.54, 1.807) is 16.7 Å². The summed E-state index contributed by atoms with van der Waals surface area (Å²) in [5.41, 5.74) is 4.68. The van der Waals surface area contributed by atoms with Gasteiger partial charge in [0.25, 0.3) is 0 Å². The van der Waals surface area contributed by atoms with Gasteiger partial charge in [-0.05, 0) is 65.7 Å². The summed E-state index contributed by atoms with van der Waals surface area (Å²) in [6.07, 6.45) is 13.4. The second kappa shape index (κ2) is 6.73. The van der Waals surface area contributed by atoms with Crippen LogP contribution in [-0.2, 0) is 0 Å². The van der Waals surface area contributed by atoms with Crippen molar-refractivity contribution in [3.05, 3.63) is 34.9 Å². The summed E-state index contributed by atoms with van der Waals surface area (Å²) in [5, 5.41) is 0. The zero-order valence-corrected chi connectivity index (χ0v) is 11.3. The monoisotopic (exact) mass is 218 g/mol. The first kappa shape index (κ1) is 13.3. The molecule has 0 heterocycles. The molecule has 0 N–H and O–H groups in total. The molecule has 0 nitrogen and oxygen atoms in total. The van der Waals surface area contributed by atoms with Crippen molar-refractivity contribution in [1.29, 1.82) is 0 Å². The Morgan fingerprint density at radius 1 is 1.19 bits per heavy atom. The van der Waals surface area contributed by atoms with Crippen molar-refractivity contribution in [2.45, 2.75) is 59.8 Å². The van der Waals surface area contributed by atoms with Gasteiger partial charge in [0.15, 0.2) is 0 Å². The molecule has 1 aliphatic carbocycles. The topological polar surface area (TPSA) is 0 Å². The minimum Gasteiger partial charge on any atom is -0.0884 e. The van der Waals surface area contributed by atoms with E-state index in [1.165, 1.54) is 32.1 Å². The molecule has 0 fully saturated rings. The van der Waals surface area contributed by atoms with Crippen LogP contribution >= 0.6 is 0 Å². The van der Waals surface area contributed by atoms with Gasteiger partial charge in [-0.3, -0.25) is 0 Å². The van der Waals surface area contributed by atoms with Crippen LogP contribution in [0.25, 0.3) is 0 Å². The minimum atomic E-state index is 0.751. The van der Waals surface area contributed by atoms with Crippen LogP contribution in [-0.4, -0.2) is 0 Å². The summed E-state index contributed by atoms with van der Waals surface area (Å²) < 4.78 is 0. The molecule has 1 aliphatic rings. The van der Waals surface area contributed by atoms with Gasteiger partial charge < -0.3 is 0 Å². The molecule has 0 aromatic carbocycles. The van der Waals surface area contributed by atoms with Crippen LogP contribution in [0.2, 0.25) is 0 Å². The molecule has 0 heteroatoms. The van der Waals surface area contributed by atoms with E-state index in [2.05, 4.69) is 45.9 Å². The average molecular weight is 218 g/mol. The van der Waals surface area contributed by atoms with Gasteiger partial charge in [0.05, 0.1) is 0 Å². The largest absolute Gasteiger partial charge is 0.0884 e. The van der Waals surface area contributed by atoms with Crippen LogP contribution in [0.4, 0.5) is 0 Å². The fourth-order valence-electron chi connectivity index (χ4n) is 2.26. The highest BCUT2D eigenvalue weighted by atomic mass is 14.2. The van der Waals surface area contributed by atoms with E-state index < -0.39 is 0 Å². The highest BCUT2D eigenvalue weighted by Gasteiger charge is 2.10. The van der Waals surface area contributed by atoms with Gasteiger partial charge in [-0.1, -0.05) is 34.9 Å². The Kier molecular flexibility index (Phi) is 5.59. The summed E-state index contributed by atoms with van der Waals surface area (Å²) in [4.78, 5) is 0. The lowest BCUT2D eigenvalue weighted by atomic mass is 9.88. The van der Waals surface area contributed by atoms with Gasteiger partial charge in [0.1, 0.15) is 0 Å². The van der Waals surface area contributed by atoms with E-state index in [-0.39, 0.29) is 0 Å². The number of rotatable bonds is 1. The van der Waals surface area contributed by atoms with Crippen LogP contribution in [0.5, 0.6) is 0 Å². The zero-order chi connectivity index (χ0) is 12.0. The van der Waals surface area contributed by atoms with E-state index in [9.17, 15) is 0 Å². The molecule has 0 radical (unpaired) electrons. The van der Waals surface area contributed by atoms with Crippen molar-refractivity contribution in [2.24, 2.45) is 5.92 Å². The third-order valence-corrected chi connectivity index (χ3v) is 3.77. The lowest BCUT2D eigenvalue weighted by molar-refractivity contribution is 0.559. The van der Waals surface area contributed by atoms with E-state index in [1.807, 2.05) is 0 Å². The molecule has 0 saturated heterocycles. The Balaban J connectivity index is 2.75. The molecule has 1 rings (SSSR count). The van der Waals surface area contributed by atoms with Crippen LogP contribution in [0.3, 0.4) is 0 Å². The lowest BCUT2D eigenvalue weighted by Crippen LogP contribution is -2.02. The maximum absolute atomic E-state index is 2.45. The molecule has 0 bridgehead atoms. The van der Waals surface area contributed by atoms with Crippen molar-refractivity contribution in [3.63, 3.8) is 0 Å². The zero-order valence-electron chi connectivity index (χ0n) is 11.3. The third kappa shape index (κ3) is 4.38. The first-order chi connectivity index (χ1) is 7.63. The minimum absolute atomic E-state index is 0.751. The molecule has 0 unspecified atom stereocenters. The summed E-state index contributed by atoms with van der Waals surface area (Å²) >= 11 is 0. The molecular weight excluding hydrogens is 192 g/mol. The fourth-order valence-corrected chi connectivity index (χ4v) is 2.26. The predicted octanol–water partition coefficient (Wildman–Crippen LogP) is 5.43. The first-order valence-electron chi connectivity index (χ1n) is 6.57. The Hall–Kier alpha value is -0.780. The van der Waals surface area contributed by atoms with Gasteiger partial charge in [0.2, 0.25) is 0 Å². The van der Waals surface area contributed by atoms with E-state index in [4.69, 9.17) is 0 Å². The lowest BCUT2D eigenvalue weighted by Gasteiger charge is -2.18. The highest BCUT2D eigenvalue weighted by Crippen LogP contribution is 2.26. The number of hydrogen-bond acceptors (Lipinski definition) is 0. The first-order valence-corrected chi connectivity index (χ1v) is 6.57. The second-order valence-electron chi connectivity index (χ2n) is 5.14. The maximum Gasteiger partial charge on any atom is -0.0168 e. The van der Waals surface area contributed by atoms with Gasteiger partial charge in [0, 0.05) is 0 Å². The van der Waals surface area contributed by atoms with Crippen molar-refractivity contribution in [2.75, 3.05) is 0 Å². The van der Waals surface area contributed by atoms with Crippen LogP contribution in [0.15, 0.2) is 34.9 Å². The SMILES string of the molecule is C/C=C(\C)[C@H]1C/C=C(\C)CC/C=C(/C)CC1. The second-order valence-corrected chi connectivity index (χ2v) is 5.14. The van der Waals surface area contributed by atoms with Crippen molar-refractivity contribution >= 4 is 0 Å². The standard InChI is InChI=1S/C16H26/c1-5-15(4)16-11-9-13(2)7-6-8-14(3)10-12-16/h5,7,10,16H,6,8-9,11-12H2,1-4H3/b13-7-,14-10+,15-5+/t16-/m1/s1. The smallest absolute Gasteiger partial charge is 0.0168 e. The summed E-state index contributed by atoms with van der Waals surface area (Å²) in [6.45, 7) is 8.99. The van der Waals surface area contributed by atoms with E-state index in [0.717, 1.165) is 5.92 Å². The fraction of sp³-hybridized carbons (Fsp3) is 0.625. The molecule has 0 saturated carbocycles. The van der Waals surface area contributed by atoms with Crippen LogP contribution in [0, 0.1) is 5.92 Å². The Morgan fingerprint density at radius 2 is 1.88 bits per heavy atom. The third-order valence-electron chi connectivity index (χ3n) is 3.77. The number of allylic oxidation sites excluding steroid dienone is 6. The molecule has 0 aromatic rings. The van der Waals surface area contributed by atoms with E-state index >= 15 is 0 Å². The molecule has 0 amide bonds. The van der Waals surface area contributed by atoms with Crippen LogP contribution < -0.4 is 0 Å². The Morgan fingerprint density at radius 3 is 2.56 bits per heavy atom. The molecule has 1 atom stereocenters. The molecular formula is C16H26. The van der Waals surface area contributed by atoms with Crippen LogP contribution in [0.1, 0.15) is 59.8 Å². The van der Waals surface area contributed by atoms with Crippen molar-refractivity contribution in [3.8, 4) is 0 Å². The molecule has 0 aliphatic heterocycles. The Bertz CT molecular complexity index is 302. The Labute approximate surface area is 101 Å².